The predicted molar refractivity (Wildman–Crippen MR) is 174 cm³/mol. The molecule has 0 aliphatic heterocycles. The van der Waals surface area contributed by atoms with Gasteiger partial charge in [-0.3, -0.25) is 14.0 Å². The topological polar surface area (TPSA) is 162 Å². The van der Waals surface area contributed by atoms with E-state index < -0.39 is 25.2 Å². The lowest BCUT2D eigenvalue weighted by molar-refractivity contribution is -0.137. The number of halogens is 3. The number of aryl methyl sites for hydroxylation is 1. The van der Waals surface area contributed by atoms with E-state index in [0.29, 0.717) is 47.4 Å². The molecule has 0 aliphatic rings. The highest BCUT2D eigenvalue weighted by Crippen LogP contribution is 2.51. The number of carbonyl (C=O) groups excluding carboxylic acids is 1. The molecule has 17 heteroatoms. The molecule has 0 atom stereocenters. The standard InChI is InChI=1S/C31H37F3N7O6P/c1-5-46-48(44,47-6-2)19-20-8-9-24(27(14-20)45-4)39-28-15-26(22(17-36-28)31(32,33)34)38-25-11-10-23(40-29(25)30(43)35-3)21-16-37-41(18-21)12-7-13-42/h8-11,14-18,42H,5-7,12-13,19H2,1-4H3,(H,35,43)(H2,36,38,39). The Kier molecular flexibility index (Phi) is 12.2. The second kappa shape index (κ2) is 16.1. The zero-order chi connectivity index (χ0) is 34.9. The molecule has 1 aromatic carbocycles. The number of hydrogen-bond donors (Lipinski definition) is 4. The fraction of sp³-hybridized carbons (Fsp3) is 0.355. The number of aliphatic hydroxyl groups is 1. The van der Waals surface area contributed by atoms with E-state index in [0.717, 1.165) is 6.07 Å². The maximum absolute atomic E-state index is 14.1. The molecule has 4 N–H and O–H groups in total. The van der Waals surface area contributed by atoms with Crippen LogP contribution in [0.3, 0.4) is 0 Å². The van der Waals surface area contributed by atoms with Crippen molar-refractivity contribution in [2.45, 2.75) is 39.2 Å². The molecule has 0 radical (unpaired) electrons. The third-order valence-corrected chi connectivity index (χ3v) is 8.90. The van der Waals surface area contributed by atoms with E-state index in [1.54, 1.807) is 55.2 Å². The number of aromatic nitrogens is 4. The zero-order valence-corrected chi connectivity index (χ0v) is 27.7. The quantitative estimate of drug-likeness (QED) is 0.0968. The zero-order valence-electron chi connectivity index (χ0n) is 26.8. The fourth-order valence-electron chi connectivity index (χ4n) is 4.68. The van der Waals surface area contributed by atoms with Crippen molar-refractivity contribution in [2.75, 3.05) is 44.6 Å². The van der Waals surface area contributed by atoms with Crippen LogP contribution in [-0.4, -0.2) is 64.7 Å². The van der Waals surface area contributed by atoms with Gasteiger partial charge in [-0.05, 0) is 50.1 Å². The number of carbonyl (C=O) groups is 1. The van der Waals surface area contributed by atoms with Crippen LogP contribution < -0.4 is 20.7 Å². The molecule has 0 saturated carbocycles. The van der Waals surface area contributed by atoms with Gasteiger partial charge in [-0.25, -0.2) is 9.97 Å². The lowest BCUT2D eigenvalue weighted by Crippen LogP contribution is -2.21. The Labute approximate surface area is 275 Å². The van der Waals surface area contributed by atoms with E-state index in [9.17, 15) is 22.5 Å². The summed E-state index contributed by atoms with van der Waals surface area (Å²) >= 11 is 0. The second-order valence-corrected chi connectivity index (χ2v) is 12.3. The highest BCUT2D eigenvalue weighted by Gasteiger charge is 2.35. The molecule has 0 aliphatic carbocycles. The third kappa shape index (κ3) is 9.10. The van der Waals surface area contributed by atoms with Crippen molar-refractivity contribution in [2.24, 2.45) is 0 Å². The number of hydrogen-bond acceptors (Lipinski definition) is 11. The Hall–Kier alpha value is -4.50. The van der Waals surface area contributed by atoms with Crippen LogP contribution in [0.15, 0.2) is 55.0 Å². The molecular formula is C31H37F3N7O6P. The molecular weight excluding hydrogens is 654 g/mol. The summed E-state index contributed by atoms with van der Waals surface area (Å²) in [5.74, 6) is -0.284. The molecule has 3 aromatic heterocycles. The number of rotatable bonds is 16. The summed E-state index contributed by atoms with van der Waals surface area (Å²) in [4.78, 5) is 21.2. The molecule has 4 rings (SSSR count). The Balaban J connectivity index is 1.66. The SMILES string of the molecule is CCOP(=O)(Cc1ccc(Nc2cc(Nc3ccc(-c4cnn(CCCO)c4)nc3C(=O)NC)c(C(F)(F)F)cn2)c(OC)c1)OCC. The average molecular weight is 692 g/mol. The van der Waals surface area contributed by atoms with Crippen LogP contribution in [0.2, 0.25) is 0 Å². The summed E-state index contributed by atoms with van der Waals surface area (Å²) in [6.45, 7) is 4.29. The number of nitrogens with one attached hydrogen (secondary N) is 3. The maximum Gasteiger partial charge on any atom is 0.419 e. The van der Waals surface area contributed by atoms with E-state index in [1.807, 2.05) is 0 Å². The Morgan fingerprint density at radius 1 is 1.02 bits per heavy atom. The highest BCUT2D eigenvalue weighted by atomic mass is 31.2. The number of benzene rings is 1. The number of amides is 1. The molecule has 48 heavy (non-hydrogen) atoms. The van der Waals surface area contributed by atoms with Crippen LogP contribution >= 0.6 is 7.60 Å². The van der Waals surface area contributed by atoms with Crippen molar-refractivity contribution >= 4 is 36.4 Å². The first-order valence-corrected chi connectivity index (χ1v) is 16.7. The number of aliphatic hydroxyl groups excluding tert-OH is 1. The smallest absolute Gasteiger partial charge is 0.419 e. The van der Waals surface area contributed by atoms with E-state index in [4.69, 9.17) is 18.9 Å². The number of alkyl halides is 3. The van der Waals surface area contributed by atoms with Gasteiger partial charge in [0.1, 0.15) is 11.6 Å². The average Bonchev–Trinajstić information content (AvgIpc) is 3.53. The van der Waals surface area contributed by atoms with E-state index in [1.165, 1.54) is 20.2 Å². The summed E-state index contributed by atoms with van der Waals surface area (Å²) < 4.78 is 73.3. The molecule has 4 aromatic rings. The van der Waals surface area contributed by atoms with Gasteiger partial charge in [-0.2, -0.15) is 18.3 Å². The van der Waals surface area contributed by atoms with E-state index in [2.05, 4.69) is 31.0 Å². The van der Waals surface area contributed by atoms with Crippen molar-refractivity contribution in [3.8, 4) is 17.0 Å². The molecule has 1 amide bonds. The molecule has 258 valence electrons. The van der Waals surface area contributed by atoms with E-state index in [-0.39, 0.29) is 48.9 Å². The summed E-state index contributed by atoms with van der Waals surface area (Å²) in [6, 6.07) is 9.06. The Bertz CT molecular complexity index is 1760. The molecule has 0 unspecified atom stereocenters. The Morgan fingerprint density at radius 3 is 2.40 bits per heavy atom. The summed E-state index contributed by atoms with van der Waals surface area (Å²) in [7, 11) is -0.603. The monoisotopic (exact) mass is 691 g/mol. The summed E-state index contributed by atoms with van der Waals surface area (Å²) in [5.41, 5.74) is 0.330. The number of ether oxygens (including phenoxy) is 1. The van der Waals surface area contributed by atoms with Gasteiger partial charge in [-0.1, -0.05) is 6.07 Å². The van der Waals surface area contributed by atoms with Crippen LogP contribution in [0.4, 0.5) is 36.1 Å². The first-order chi connectivity index (χ1) is 22.9. The lowest BCUT2D eigenvalue weighted by atomic mass is 10.1. The number of anilines is 4. The van der Waals surface area contributed by atoms with Crippen LogP contribution in [0, 0.1) is 0 Å². The van der Waals surface area contributed by atoms with Gasteiger partial charge in [0.15, 0.2) is 5.69 Å². The van der Waals surface area contributed by atoms with Gasteiger partial charge in [0.25, 0.3) is 5.91 Å². The van der Waals surface area contributed by atoms with Crippen molar-refractivity contribution in [1.82, 2.24) is 25.1 Å². The van der Waals surface area contributed by atoms with Crippen molar-refractivity contribution in [1.29, 1.82) is 0 Å². The number of methoxy groups -OCH3 is 1. The number of pyridine rings is 2. The summed E-state index contributed by atoms with van der Waals surface area (Å²) in [5, 5.41) is 21.5. The van der Waals surface area contributed by atoms with Gasteiger partial charge in [0, 0.05) is 44.2 Å². The van der Waals surface area contributed by atoms with Gasteiger partial charge >= 0.3 is 13.8 Å². The summed E-state index contributed by atoms with van der Waals surface area (Å²) in [6.07, 6.45) is -0.390. The van der Waals surface area contributed by atoms with E-state index >= 15 is 0 Å². The Morgan fingerprint density at radius 2 is 1.75 bits per heavy atom. The highest BCUT2D eigenvalue weighted by molar-refractivity contribution is 7.53. The molecule has 13 nitrogen and oxygen atoms in total. The molecule has 0 fully saturated rings. The first kappa shape index (κ1) is 36.3. The molecule has 0 bridgehead atoms. The second-order valence-electron chi connectivity index (χ2n) is 10.2. The van der Waals surface area contributed by atoms with Crippen molar-refractivity contribution in [3.63, 3.8) is 0 Å². The minimum atomic E-state index is -4.79. The predicted octanol–water partition coefficient (Wildman–Crippen LogP) is 6.36. The first-order valence-electron chi connectivity index (χ1n) is 15.0. The molecule has 3 heterocycles. The minimum absolute atomic E-state index is 0.00530. The normalized spacial score (nSPS) is 11.8. The van der Waals surface area contributed by atoms with Crippen molar-refractivity contribution in [3.05, 3.63) is 71.8 Å². The largest absolute Gasteiger partial charge is 0.495 e. The van der Waals surface area contributed by atoms with Gasteiger partial charge in [-0.15, -0.1) is 0 Å². The molecule has 0 saturated heterocycles. The van der Waals surface area contributed by atoms with Gasteiger partial charge in [0.05, 0.1) is 61.0 Å². The molecule has 0 spiro atoms. The third-order valence-electron chi connectivity index (χ3n) is 6.85. The lowest BCUT2D eigenvalue weighted by Gasteiger charge is -2.19. The number of nitrogens with zero attached hydrogens (tertiary/aromatic N) is 4. The fourth-order valence-corrected chi connectivity index (χ4v) is 6.37. The van der Waals surface area contributed by atoms with Crippen molar-refractivity contribution < 1.29 is 41.4 Å². The minimum Gasteiger partial charge on any atom is -0.495 e. The van der Waals surface area contributed by atoms with Gasteiger partial charge in [0.2, 0.25) is 0 Å². The van der Waals surface area contributed by atoms with Crippen LogP contribution in [-0.2, 0) is 32.5 Å². The van der Waals surface area contributed by atoms with Crippen LogP contribution in [0.25, 0.3) is 11.3 Å². The maximum atomic E-state index is 14.1. The van der Waals surface area contributed by atoms with Gasteiger partial charge < -0.3 is 34.8 Å². The van der Waals surface area contributed by atoms with Crippen LogP contribution in [0.5, 0.6) is 5.75 Å². The van der Waals surface area contributed by atoms with Crippen LogP contribution in [0.1, 0.15) is 41.9 Å².